The van der Waals surface area contributed by atoms with Gasteiger partial charge in [-0.1, -0.05) is 49.4 Å². The number of aryl methyl sites for hydroxylation is 1. The first kappa shape index (κ1) is 20.9. The molecule has 0 N–H and O–H groups in total. The maximum absolute atomic E-state index is 8.51. The fourth-order valence-electron chi connectivity index (χ4n) is 4.73. The van der Waals surface area contributed by atoms with Gasteiger partial charge in [-0.15, -0.1) is 0 Å². The van der Waals surface area contributed by atoms with Crippen LogP contribution in [0, 0.1) is 23.2 Å². The number of ether oxygens (including phenoxy) is 1. The highest BCUT2D eigenvalue weighted by atomic mass is 16.5. The zero-order chi connectivity index (χ0) is 19.6. The van der Waals surface area contributed by atoms with E-state index in [4.69, 9.17) is 10.00 Å². The molecule has 28 heavy (non-hydrogen) atoms. The monoisotopic (exact) mass is 377 g/mol. The SMILES string of the molecule is CCc1ccc([C@H]2CC[C@H](CO[C@H]3CC[C@H](C=CC=CC#N)CC3)CC2)cc1. The molecule has 0 heterocycles. The van der Waals surface area contributed by atoms with Gasteiger partial charge in [0.25, 0.3) is 0 Å². The third-order valence-corrected chi connectivity index (χ3v) is 6.66. The molecule has 2 saturated carbocycles. The van der Waals surface area contributed by atoms with Gasteiger partial charge in [0.05, 0.1) is 12.2 Å². The van der Waals surface area contributed by atoms with Crippen molar-refractivity contribution >= 4 is 0 Å². The van der Waals surface area contributed by atoms with E-state index in [1.807, 2.05) is 18.2 Å². The molecule has 0 unspecified atom stereocenters. The van der Waals surface area contributed by atoms with Gasteiger partial charge in [-0.05, 0) is 86.7 Å². The molecule has 2 aliphatic carbocycles. The Balaban J connectivity index is 1.33. The first-order chi connectivity index (χ1) is 13.8. The van der Waals surface area contributed by atoms with Crippen molar-refractivity contribution in [3.63, 3.8) is 0 Å². The molecular formula is C26H35NO. The minimum absolute atomic E-state index is 0.457. The molecule has 0 radical (unpaired) electrons. The molecule has 150 valence electrons. The van der Waals surface area contributed by atoms with Gasteiger partial charge in [-0.25, -0.2) is 0 Å². The molecule has 0 amide bonds. The maximum Gasteiger partial charge on any atom is 0.0912 e. The van der Waals surface area contributed by atoms with Crippen LogP contribution in [0.4, 0.5) is 0 Å². The summed E-state index contributed by atoms with van der Waals surface area (Å²) in [5.74, 6) is 2.15. The van der Waals surface area contributed by atoms with Crippen molar-refractivity contribution in [1.82, 2.24) is 0 Å². The lowest BCUT2D eigenvalue weighted by molar-refractivity contribution is -0.00456. The highest BCUT2D eigenvalue weighted by Gasteiger charge is 2.25. The molecule has 0 aromatic heterocycles. The first-order valence-electron chi connectivity index (χ1n) is 11.2. The molecule has 2 fully saturated rings. The van der Waals surface area contributed by atoms with Crippen LogP contribution in [-0.2, 0) is 11.2 Å². The Morgan fingerprint density at radius 3 is 2.32 bits per heavy atom. The van der Waals surface area contributed by atoms with Crippen molar-refractivity contribution < 1.29 is 4.74 Å². The van der Waals surface area contributed by atoms with Crippen LogP contribution >= 0.6 is 0 Å². The molecule has 0 saturated heterocycles. The lowest BCUT2D eigenvalue weighted by atomic mass is 9.79. The highest BCUT2D eigenvalue weighted by Crippen LogP contribution is 2.36. The topological polar surface area (TPSA) is 33.0 Å². The van der Waals surface area contributed by atoms with Crippen LogP contribution in [0.1, 0.15) is 75.3 Å². The minimum atomic E-state index is 0.457. The maximum atomic E-state index is 8.51. The predicted molar refractivity (Wildman–Crippen MR) is 116 cm³/mol. The van der Waals surface area contributed by atoms with E-state index in [0.29, 0.717) is 12.0 Å². The van der Waals surface area contributed by atoms with Crippen LogP contribution in [0.3, 0.4) is 0 Å². The van der Waals surface area contributed by atoms with E-state index < -0.39 is 0 Å². The number of nitrogens with zero attached hydrogens (tertiary/aromatic N) is 1. The molecule has 2 aliphatic rings. The van der Waals surface area contributed by atoms with Crippen molar-refractivity contribution in [2.24, 2.45) is 11.8 Å². The summed E-state index contributed by atoms with van der Waals surface area (Å²) in [6, 6.07) is 11.3. The van der Waals surface area contributed by atoms with Gasteiger partial charge in [0.2, 0.25) is 0 Å². The van der Waals surface area contributed by atoms with Crippen LogP contribution in [0.15, 0.2) is 48.6 Å². The zero-order valence-corrected chi connectivity index (χ0v) is 17.4. The summed E-state index contributed by atoms with van der Waals surface area (Å²) in [4.78, 5) is 0. The summed E-state index contributed by atoms with van der Waals surface area (Å²) in [5, 5.41) is 8.51. The zero-order valence-electron chi connectivity index (χ0n) is 17.4. The fraction of sp³-hybridized carbons (Fsp3) is 0.577. The molecule has 2 nitrogen and oxygen atoms in total. The number of nitriles is 1. The highest BCUT2D eigenvalue weighted by molar-refractivity contribution is 5.25. The van der Waals surface area contributed by atoms with Crippen molar-refractivity contribution in [3.8, 4) is 6.07 Å². The Labute approximate surface area is 171 Å². The Morgan fingerprint density at radius 2 is 1.68 bits per heavy atom. The standard InChI is InChI=1S/C26H35NO/c1-2-21-7-13-24(14-8-21)25-15-9-23(10-16-25)20-28-26-17-11-22(12-18-26)6-4-3-5-19-27/h3-8,13-14,22-23,25-26H,2,9-12,15-18,20H2,1H3/t22-,23-,25-,26-. The van der Waals surface area contributed by atoms with Crippen LogP contribution in [0.5, 0.6) is 0 Å². The fourth-order valence-corrected chi connectivity index (χ4v) is 4.73. The van der Waals surface area contributed by atoms with E-state index in [9.17, 15) is 0 Å². The molecular weight excluding hydrogens is 342 g/mol. The summed E-state index contributed by atoms with van der Waals surface area (Å²) in [6.45, 7) is 3.18. The first-order valence-corrected chi connectivity index (χ1v) is 11.2. The van der Waals surface area contributed by atoms with E-state index >= 15 is 0 Å². The van der Waals surface area contributed by atoms with Gasteiger partial charge in [0.15, 0.2) is 0 Å². The van der Waals surface area contributed by atoms with Gasteiger partial charge in [-0.3, -0.25) is 0 Å². The smallest absolute Gasteiger partial charge is 0.0912 e. The lowest BCUT2D eigenvalue weighted by Crippen LogP contribution is -2.25. The second kappa shape index (κ2) is 11.2. The van der Waals surface area contributed by atoms with E-state index in [1.165, 1.54) is 68.6 Å². The van der Waals surface area contributed by atoms with E-state index in [0.717, 1.165) is 24.9 Å². The van der Waals surface area contributed by atoms with Gasteiger partial charge in [0.1, 0.15) is 0 Å². The average molecular weight is 378 g/mol. The van der Waals surface area contributed by atoms with Crippen LogP contribution in [0.2, 0.25) is 0 Å². The molecule has 0 bridgehead atoms. The summed E-state index contributed by atoms with van der Waals surface area (Å²) >= 11 is 0. The Bertz CT molecular complexity index is 665. The molecule has 0 spiro atoms. The van der Waals surface area contributed by atoms with Crippen LogP contribution < -0.4 is 0 Å². The van der Waals surface area contributed by atoms with Gasteiger partial charge in [0, 0.05) is 12.7 Å². The van der Waals surface area contributed by atoms with Crippen molar-refractivity contribution in [1.29, 1.82) is 5.26 Å². The van der Waals surface area contributed by atoms with Crippen LogP contribution in [0.25, 0.3) is 0 Å². The van der Waals surface area contributed by atoms with E-state index in [1.54, 1.807) is 0 Å². The number of hydrogen-bond donors (Lipinski definition) is 0. The van der Waals surface area contributed by atoms with E-state index in [-0.39, 0.29) is 0 Å². The van der Waals surface area contributed by atoms with E-state index in [2.05, 4.69) is 37.3 Å². The quantitative estimate of drug-likeness (QED) is 0.389. The minimum Gasteiger partial charge on any atom is -0.378 e. The summed E-state index contributed by atoms with van der Waals surface area (Å²) in [7, 11) is 0. The van der Waals surface area contributed by atoms with Crippen molar-refractivity contribution in [2.75, 3.05) is 6.61 Å². The molecule has 0 aliphatic heterocycles. The van der Waals surface area contributed by atoms with Crippen LogP contribution in [-0.4, -0.2) is 12.7 Å². The molecule has 2 heteroatoms. The third kappa shape index (κ3) is 6.35. The summed E-state index contributed by atoms with van der Waals surface area (Å²) in [5.41, 5.74) is 2.97. The van der Waals surface area contributed by atoms with Gasteiger partial charge < -0.3 is 4.74 Å². The number of rotatable bonds is 7. The summed E-state index contributed by atoms with van der Waals surface area (Å²) in [6.07, 6.45) is 19.2. The van der Waals surface area contributed by atoms with Gasteiger partial charge >= 0.3 is 0 Å². The number of hydrogen-bond acceptors (Lipinski definition) is 2. The largest absolute Gasteiger partial charge is 0.378 e. The molecule has 1 aromatic rings. The Morgan fingerprint density at radius 1 is 0.964 bits per heavy atom. The predicted octanol–water partition coefficient (Wildman–Crippen LogP) is 6.73. The Kier molecular flexibility index (Phi) is 8.37. The summed E-state index contributed by atoms with van der Waals surface area (Å²) < 4.78 is 6.30. The molecule has 1 aromatic carbocycles. The second-order valence-corrected chi connectivity index (χ2v) is 8.56. The second-order valence-electron chi connectivity index (χ2n) is 8.56. The van der Waals surface area contributed by atoms with Gasteiger partial charge in [-0.2, -0.15) is 5.26 Å². The lowest BCUT2D eigenvalue weighted by Gasteiger charge is -2.32. The number of allylic oxidation sites excluding steroid dienone is 4. The number of benzene rings is 1. The van der Waals surface area contributed by atoms with Crippen molar-refractivity contribution in [3.05, 3.63) is 59.7 Å². The normalized spacial score (nSPS) is 28.6. The third-order valence-electron chi connectivity index (χ3n) is 6.66. The molecule has 3 rings (SSSR count). The Hall–Kier alpha value is -1.85. The van der Waals surface area contributed by atoms with Crippen molar-refractivity contribution in [2.45, 2.75) is 76.7 Å². The average Bonchev–Trinajstić information content (AvgIpc) is 2.76. The molecule has 0 atom stereocenters.